The summed E-state index contributed by atoms with van der Waals surface area (Å²) in [5.74, 6) is 1.10. The summed E-state index contributed by atoms with van der Waals surface area (Å²) in [5.41, 5.74) is 1.11. The van der Waals surface area contributed by atoms with E-state index in [1.807, 2.05) is 6.20 Å². The molecule has 1 unspecified atom stereocenters. The summed E-state index contributed by atoms with van der Waals surface area (Å²) >= 11 is 0. The molecule has 0 bridgehead atoms. The summed E-state index contributed by atoms with van der Waals surface area (Å²) < 4.78 is 0. The van der Waals surface area contributed by atoms with Crippen molar-refractivity contribution in [2.45, 2.75) is 26.3 Å². The summed E-state index contributed by atoms with van der Waals surface area (Å²) in [4.78, 5) is 9.27. The van der Waals surface area contributed by atoms with Crippen LogP contribution in [0.15, 0.2) is 18.3 Å². The first-order chi connectivity index (χ1) is 8.69. The van der Waals surface area contributed by atoms with Crippen LogP contribution in [0.25, 0.3) is 0 Å². The Morgan fingerprint density at radius 3 is 2.56 bits per heavy atom. The van der Waals surface area contributed by atoms with Gasteiger partial charge < -0.3 is 15.1 Å². The second kappa shape index (κ2) is 6.05. The van der Waals surface area contributed by atoms with Crippen molar-refractivity contribution in [2.24, 2.45) is 0 Å². The molecule has 4 nitrogen and oxygen atoms in total. The van der Waals surface area contributed by atoms with E-state index < -0.39 is 0 Å². The van der Waals surface area contributed by atoms with Crippen molar-refractivity contribution >= 4 is 11.5 Å². The van der Waals surface area contributed by atoms with Crippen molar-refractivity contribution in [1.82, 2.24) is 9.88 Å². The van der Waals surface area contributed by atoms with Crippen molar-refractivity contribution in [3.63, 3.8) is 0 Å². The van der Waals surface area contributed by atoms with E-state index >= 15 is 0 Å². The Labute approximate surface area is 110 Å². The SMILES string of the molecule is CCC(C)Nc1ccc(N2CCN(C)CC2)nc1. The molecular formula is C14H24N4. The van der Waals surface area contributed by atoms with Crippen molar-refractivity contribution in [2.75, 3.05) is 43.4 Å². The molecule has 1 atom stereocenters. The molecule has 4 heteroatoms. The van der Waals surface area contributed by atoms with Crippen molar-refractivity contribution in [1.29, 1.82) is 0 Å². The second-order valence-electron chi connectivity index (χ2n) is 5.15. The Kier molecular flexibility index (Phi) is 4.42. The van der Waals surface area contributed by atoms with E-state index in [9.17, 15) is 0 Å². The topological polar surface area (TPSA) is 31.4 Å². The van der Waals surface area contributed by atoms with Gasteiger partial charge in [-0.3, -0.25) is 0 Å². The van der Waals surface area contributed by atoms with Crippen molar-refractivity contribution in [3.8, 4) is 0 Å². The average Bonchev–Trinajstić information content (AvgIpc) is 2.40. The number of piperazine rings is 1. The largest absolute Gasteiger partial charge is 0.381 e. The summed E-state index contributed by atoms with van der Waals surface area (Å²) in [7, 11) is 2.17. The van der Waals surface area contributed by atoms with Gasteiger partial charge in [0.05, 0.1) is 11.9 Å². The minimum atomic E-state index is 0.501. The first-order valence-electron chi connectivity index (χ1n) is 6.85. The van der Waals surface area contributed by atoms with Crippen LogP contribution in [0.5, 0.6) is 0 Å². The number of pyridine rings is 1. The fraction of sp³-hybridized carbons (Fsp3) is 0.643. The van der Waals surface area contributed by atoms with Gasteiger partial charge in [-0.05, 0) is 32.5 Å². The van der Waals surface area contributed by atoms with Crippen LogP contribution in [0, 0.1) is 0 Å². The number of hydrogen-bond acceptors (Lipinski definition) is 4. The molecule has 0 radical (unpaired) electrons. The number of anilines is 2. The summed E-state index contributed by atoms with van der Waals surface area (Å²) in [6, 6.07) is 4.75. The summed E-state index contributed by atoms with van der Waals surface area (Å²) in [6.07, 6.45) is 3.07. The lowest BCUT2D eigenvalue weighted by Gasteiger charge is -2.33. The van der Waals surface area contributed by atoms with Crippen LogP contribution in [0.1, 0.15) is 20.3 Å². The molecule has 0 aliphatic carbocycles. The van der Waals surface area contributed by atoms with Gasteiger partial charge in [0.1, 0.15) is 5.82 Å². The Hall–Kier alpha value is -1.29. The first-order valence-corrected chi connectivity index (χ1v) is 6.85. The van der Waals surface area contributed by atoms with Crippen LogP contribution >= 0.6 is 0 Å². The van der Waals surface area contributed by atoms with E-state index in [0.717, 1.165) is 44.1 Å². The third-order valence-corrected chi connectivity index (χ3v) is 3.60. The van der Waals surface area contributed by atoms with Crippen LogP contribution in [0.3, 0.4) is 0 Å². The fourth-order valence-electron chi connectivity index (χ4n) is 2.08. The van der Waals surface area contributed by atoms with E-state index in [0.29, 0.717) is 6.04 Å². The Balaban J connectivity index is 1.95. The van der Waals surface area contributed by atoms with Gasteiger partial charge in [0.25, 0.3) is 0 Å². The zero-order chi connectivity index (χ0) is 13.0. The van der Waals surface area contributed by atoms with Crippen LogP contribution in [-0.4, -0.2) is 49.2 Å². The first kappa shape index (κ1) is 13.1. The molecule has 2 heterocycles. The maximum atomic E-state index is 4.56. The average molecular weight is 248 g/mol. The minimum Gasteiger partial charge on any atom is -0.381 e. The van der Waals surface area contributed by atoms with Crippen molar-refractivity contribution < 1.29 is 0 Å². The van der Waals surface area contributed by atoms with E-state index in [1.165, 1.54) is 0 Å². The molecule has 18 heavy (non-hydrogen) atoms. The monoisotopic (exact) mass is 248 g/mol. The highest BCUT2D eigenvalue weighted by Gasteiger charge is 2.14. The number of aromatic nitrogens is 1. The molecular weight excluding hydrogens is 224 g/mol. The van der Waals surface area contributed by atoms with Gasteiger partial charge in [-0.2, -0.15) is 0 Å². The normalized spacial score (nSPS) is 18.7. The summed E-state index contributed by atoms with van der Waals surface area (Å²) in [5, 5.41) is 3.44. The van der Waals surface area contributed by atoms with E-state index in [1.54, 1.807) is 0 Å². The smallest absolute Gasteiger partial charge is 0.128 e. The predicted molar refractivity (Wildman–Crippen MR) is 77.3 cm³/mol. The predicted octanol–water partition coefficient (Wildman–Crippen LogP) is 2.04. The highest BCUT2D eigenvalue weighted by molar-refractivity contribution is 5.49. The molecule has 0 spiro atoms. The Bertz CT molecular complexity index is 355. The van der Waals surface area contributed by atoms with Gasteiger partial charge in [0.15, 0.2) is 0 Å². The van der Waals surface area contributed by atoms with Gasteiger partial charge in [-0.1, -0.05) is 6.92 Å². The van der Waals surface area contributed by atoms with Gasteiger partial charge in [-0.15, -0.1) is 0 Å². The molecule has 0 amide bonds. The molecule has 1 saturated heterocycles. The molecule has 1 aromatic heterocycles. The number of nitrogens with one attached hydrogen (secondary N) is 1. The zero-order valence-corrected chi connectivity index (χ0v) is 11.7. The molecule has 1 N–H and O–H groups in total. The molecule has 100 valence electrons. The molecule has 1 aromatic rings. The Morgan fingerprint density at radius 2 is 2.00 bits per heavy atom. The van der Waals surface area contributed by atoms with E-state index in [2.05, 4.69) is 53.1 Å². The third-order valence-electron chi connectivity index (χ3n) is 3.60. The highest BCUT2D eigenvalue weighted by atomic mass is 15.3. The summed E-state index contributed by atoms with van der Waals surface area (Å²) in [6.45, 7) is 8.75. The van der Waals surface area contributed by atoms with Gasteiger partial charge in [0, 0.05) is 32.2 Å². The van der Waals surface area contributed by atoms with Crippen LogP contribution < -0.4 is 10.2 Å². The quantitative estimate of drug-likeness (QED) is 0.883. The lowest BCUT2D eigenvalue weighted by Crippen LogP contribution is -2.44. The maximum absolute atomic E-state index is 4.56. The Morgan fingerprint density at radius 1 is 1.28 bits per heavy atom. The molecule has 1 aliphatic rings. The lowest BCUT2D eigenvalue weighted by molar-refractivity contribution is 0.312. The molecule has 1 aliphatic heterocycles. The molecule has 2 rings (SSSR count). The standard InChI is InChI=1S/C14H24N4/c1-4-12(2)16-13-5-6-14(15-11-13)18-9-7-17(3)8-10-18/h5-6,11-12,16H,4,7-10H2,1-3H3. The molecule has 0 saturated carbocycles. The molecule has 1 fully saturated rings. The number of hydrogen-bond donors (Lipinski definition) is 1. The van der Waals surface area contributed by atoms with Crippen LogP contribution in [0.4, 0.5) is 11.5 Å². The second-order valence-corrected chi connectivity index (χ2v) is 5.15. The van der Waals surface area contributed by atoms with Crippen molar-refractivity contribution in [3.05, 3.63) is 18.3 Å². The minimum absolute atomic E-state index is 0.501. The number of nitrogens with zero attached hydrogens (tertiary/aromatic N) is 3. The van der Waals surface area contributed by atoms with Gasteiger partial charge in [-0.25, -0.2) is 4.98 Å². The van der Waals surface area contributed by atoms with Crippen LogP contribution in [-0.2, 0) is 0 Å². The highest BCUT2D eigenvalue weighted by Crippen LogP contribution is 2.16. The van der Waals surface area contributed by atoms with E-state index in [4.69, 9.17) is 0 Å². The molecule has 0 aromatic carbocycles. The zero-order valence-electron chi connectivity index (χ0n) is 11.7. The van der Waals surface area contributed by atoms with Gasteiger partial charge >= 0.3 is 0 Å². The van der Waals surface area contributed by atoms with Crippen LogP contribution in [0.2, 0.25) is 0 Å². The van der Waals surface area contributed by atoms with Gasteiger partial charge in [0.2, 0.25) is 0 Å². The fourth-order valence-corrected chi connectivity index (χ4v) is 2.08. The number of rotatable bonds is 4. The van der Waals surface area contributed by atoms with E-state index in [-0.39, 0.29) is 0 Å². The lowest BCUT2D eigenvalue weighted by atomic mass is 10.2. The maximum Gasteiger partial charge on any atom is 0.128 e. The number of likely N-dealkylation sites (N-methyl/N-ethyl adjacent to an activating group) is 1. The third kappa shape index (κ3) is 3.35.